The molecule has 21 heavy (non-hydrogen) atoms. The molecule has 1 aromatic carbocycles. The predicted molar refractivity (Wildman–Crippen MR) is 81.5 cm³/mol. The van der Waals surface area contributed by atoms with Gasteiger partial charge in [-0.05, 0) is 18.9 Å². The van der Waals surface area contributed by atoms with E-state index in [0.717, 1.165) is 18.4 Å². The number of nitrogens with one attached hydrogen (secondary N) is 1. The Bertz CT molecular complexity index is 462. The number of hydrogen-bond acceptors (Lipinski definition) is 3. The van der Waals surface area contributed by atoms with Crippen LogP contribution in [-0.2, 0) is 16.1 Å². The molecule has 0 saturated heterocycles. The Morgan fingerprint density at radius 2 is 1.95 bits per heavy atom. The molecule has 116 valence electrons. The molecule has 0 aromatic heterocycles. The molecule has 0 aliphatic rings. The van der Waals surface area contributed by atoms with E-state index < -0.39 is 17.5 Å². The molecule has 0 aliphatic heterocycles. The first-order valence-electron chi connectivity index (χ1n) is 7.22. The monoisotopic (exact) mass is 292 g/mol. The van der Waals surface area contributed by atoms with Crippen LogP contribution in [0.5, 0.6) is 0 Å². The zero-order chi connectivity index (χ0) is 15.7. The fourth-order valence-electron chi connectivity index (χ4n) is 2.15. The number of unbranched alkanes of at least 4 members (excludes halogenated alkanes) is 1. The SMILES string of the molecule is CCCC[C@](C)(CC(N)=O)NC(=O)OCc1ccccc1. The van der Waals surface area contributed by atoms with Gasteiger partial charge in [0.1, 0.15) is 6.61 Å². The summed E-state index contributed by atoms with van der Waals surface area (Å²) in [6, 6.07) is 9.43. The van der Waals surface area contributed by atoms with Crippen LogP contribution in [0.15, 0.2) is 30.3 Å². The zero-order valence-corrected chi connectivity index (χ0v) is 12.7. The van der Waals surface area contributed by atoms with Crippen molar-refractivity contribution in [2.45, 2.75) is 51.7 Å². The molecule has 5 nitrogen and oxygen atoms in total. The van der Waals surface area contributed by atoms with E-state index in [4.69, 9.17) is 10.5 Å². The summed E-state index contributed by atoms with van der Waals surface area (Å²) in [7, 11) is 0. The van der Waals surface area contributed by atoms with Crippen LogP contribution in [0.4, 0.5) is 4.79 Å². The van der Waals surface area contributed by atoms with Crippen molar-refractivity contribution in [3.63, 3.8) is 0 Å². The maximum Gasteiger partial charge on any atom is 0.407 e. The maximum atomic E-state index is 11.9. The number of amides is 2. The van der Waals surface area contributed by atoms with Crippen molar-refractivity contribution >= 4 is 12.0 Å². The van der Waals surface area contributed by atoms with Gasteiger partial charge in [-0.25, -0.2) is 4.79 Å². The highest BCUT2D eigenvalue weighted by Crippen LogP contribution is 2.18. The lowest BCUT2D eigenvalue weighted by molar-refractivity contribution is -0.119. The van der Waals surface area contributed by atoms with E-state index in [2.05, 4.69) is 12.2 Å². The predicted octanol–water partition coefficient (Wildman–Crippen LogP) is 2.74. The molecule has 0 radical (unpaired) electrons. The number of carbonyl (C=O) groups excluding carboxylic acids is 2. The number of carbonyl (C=O) groups is 2. The van der Waals surface area contributed by atoms with Crippen molar-refractivity contribution in [1.29, 1.82) is 0 Å². The minimum Gasteiger partial charge on any atom is -0.445 e. The average Bonchev–Trinajstić information content (AvgIpc) is 2.43. The Labute approximate surface area is 125 Å². The third-order valence-electron chi connectivity index (χ3n) is 3.26. The minimum absolute atomic E-state index is 0.105. The lowest BCUT2D eigenvalue weighted by Crippen LogP contribution is -2.48. The molecule has 0 bridgehead atoms. The summed E-state index contributed by atoms with van der Waals surface area (Å²) in [4.78, 5) is 23.1. The van der Waals surface area contributed by atoms with Gasteiger partial charge in [-0.1, -0.05) is 50.1 Å². The van der Waals surface area contributed by atoms with Crippen LogP contribution in [0.3, 0.4) is 0 Å². The number of primary amides is 1. The topological polar surface area (TPSA) is 81.4 Å². The van der Waals surface area contributed by atoms with Gasteiger partial charge in [0.25, 0.3) is 0 Å². The Balaban J connectivity index is 2.53. The summed E-state index contributed by atoms with van der Waals surface area (Å²) in [6.07, 6.45) is 2.15. The number of rotatable bonds is 8. The summed E-state index contributed by atoms with van der Waals surface area (Å²) in [5.74, 6) is -0.433. The van der Waals surface area contributed by atoms with Gasteiger partial charge in [-0.15, -0.1) is 0 Å². The van der Waals surface area contributed by atoms with Gasteiger partial charge in [-0.2, -0.15) is 0 Å². The van der Waals surface area contributed by atoms with Crippen LogP contribution in [0, 0.1) is 0 Å². The molecule has 0 aliphatic carbocycles. The first-order chi connectivity index (χ1) is 9.95. The molecule has 0 fully saturated rings. The van der Waals surface area contributed by atoms with Gasteiger partial charge in [0, 0.05) is 12.0 Å². The normalized spacial score (nSPS) is 13.2. The summed E-state index contributed by atoms with van der Waals surface area (Å²) < 4.78 is 5.18. The largest absolute Gasteiger partial charge is 0.445 e. The molecule has 2 amide bonds. The zero-order valence-electron chi connectivity index (χ0n) is 12.7. The lowest BCUT2D eigenvalue weighted by Gasteiger charge is -2.29. The van der Waals surface area contributed by atoms with E-state index in [1.54, 1.807) is 0 Å². The van der Waals surface area contributed by atoms with Crippen molar-refractivity contribution in [2.75, 3.05) is 0 Å². The summed E-state index contributed by atoms with van der Waals surface area (Å²) >= 11 is 0. The fraction of sp³-hybridized carbons (Fsp3) is 0.500. The Morgan fingerprint density at radius 1 is 1.29 bits per heavy atom. The van der Waals surface area contributed by atoms with E-state index in [0.29, 0.717) is 6.42 Å². The second-order valence-electron chi connectivity index (χ2n) is 5.49. The van der Waals surface area contributed by atoms with Crippen LogP contribution in [0.25, 0.3) is 0 Å². The highest BCUT2D eigenvalue weighted by molar-refractivity contribution is 5.76. The summed E-state index contributed by atoms with van der Waals surface area (Å²) in [5.41, 5.74) is 5.52. The van der Waals surface area contributed by atoms with Crippen molar-refractivity contribution in [1.82, 2.24) is 5.32 Å². The first-order valence-corrected chi connectivity index (χ1v) is 7.22. The third-order valence-corrected chi connectivity index (χ3v) is 3.26. The van der Waals surface area contributed by atoms with Crippen LogP contribution < -0.4 is 11.1 Å². The van der Waals surface area contributed by atoms with Crippen LogP contribution in [0.1, 0.15) is 45.1 Å². The van der Waals surface area contributed by atoms with Gasteiger partial charge in [-0.3, -0.25) is 4.79 Å². The van der Waals surface area contributed by atoms with E-state index in [1.807, 2.05) is 37.3 Å². The average molecular weight is 292 g/mol. The van der Waals surface area contributed by atoms with Crippen LogP contribution >= 0.6 is 0 Å². The number of ether oxygens (including phenoxy) is 1. The van der Waals surface area contributed by atoms with Crippen molar-refractivity contribution < 1.29 is 14.3 Å². The van der Waals surface area contributed by atoms with Crippen LogP contribution in [-0.4, -0.2) is 17.5 Å². The molecule has 0 spiro atoms. The summed E-state index contributed by atoms with van der Waals surface area (Å²) in [5, 5.41) is 2.77. The van der Waals surface area contributed by atoms with Gasteiger partial charge < -0.3 is 15.8 Å². The maximum absolute atomic E-state index is 11.9. The molecule has 1 atom stereocenters. The standard InChI is InChI=1S/C16H24N2O3/c1-3-4-10-16(2,11-14(17)19)18-15(20)21-12-13-8-6-5-7-9-13/h5-9H,3-4,10-12H2,1-2H3,(H2,17,19)(H,18,20)/t16-/m1/s1. The molecular weight excluding hydrogens is 268 g/mol. The van der Waals surface area contributed by atoms with Crippen molar-refractivity contribution in [2.24, 2.45) is 5.73 Å². The highest BCUT2D eigenvalue weighted by atomic mass is 16.5. The van der Waals surface area contributed by atoms with Gasteiger partial charge >= 0.3 is 6.09 Å². The fourth-order valence-corrected chi connectivity index (χ4v) is 2.15. The van der Waals surface area contributed by atoms with E-state index >= 15 is 0 Å². The number of benzene rings is 1. The molecular formula is C16H24N2O3. The first kappa shape index (κ1) is 17.0. The molecule has 1 aromatic rings. The second kappa shape index (κ2) is 8.29. The smallest absolute Gasteiger partial charge is 0.407 e. The van der Waals surface area contributed by atoms with E-state index in [1.165, 1.54) is 0 Å². The van der Waals surface area contributed by atoms with Gasteiger partial charge in [0.05, 0.1) is 0 Å². The number of nitrogens with two attached hydrogens (primary N) is 1. The number of hydrogen-bond donors (Lipinski definition) is 2. The van der Waals surface area contributed by atoms with Crippen LogP contribution in [0.2, 0.25) is 0 Å². The summed E-state index contributed by atoms with van der Waals surface area (Å²) in [6.45, 7) is 4.07. The van der Waals surface area contributed by atoms with Gasteiger partial charge in [0.2, 0.25) is 5.91 Å². The minimum atomic E-state index is -0.657. The Kier molecular flexibility index (Phi) is 6.72. The number of alkyl carbamates (subject to hydrolysis) is 1. The Hall–Kier alpha value is -2.04. The van der Waals surface area contributed by atoms with E-state index in [-0.39, 0.29) is 13.0 Å². The molecule has 0 saturated carbocycles. The third kappa shape index (κ3) is 6.79. The lowest BCUT2D eigenvalue weighted by atomic mass is 9.91. The molecule has 0 heterocycles. The Morgan fingerprint density at radius 3 is 2.52 bits per heavy atom. The molecule has 0 unspecified atom stereocenters. The molecule has 3 N–H and O–H groups in total. The van der Waals surface area contributed by atoms with Crippen molar-refractivity contribution in [3.05, 3.63) is 35.9 Å². The van der Waals surface area contributed by atoms with Crippen molar-refractivity contribution in [3.8, 4) is 0 Å². The molecule has 1 rings (SSSR count). The second-order valence-corrected chi connectivity index (χ2v) is 5.49. The quantitative estimate of drug-likeness (QED) is 0.773. The highest BCUT2D eigenvalue weighted by Gasteiger charge is 2.28. The van der Waals surface area contributed by atoms with E-state index in [9.17, 15) is 9.59 Å². The molecule has 5 heteroatoms. The van der Waals surface area contributed by atoms with Gasteiger partial charge in [0.15, 0.2) is 0 Å².